The largest absolute Gasteiger partial charge is 0.418 e. The molecule has 2 aromatic carbocycles. The van der Waals surface area contributed by atoms with E-state index in [1.165, 1.54) is 18.2 Å². The fourth-order valence-corrected chi connectivity index (χ4v) is 1.77. The predicted molar refractivity (Wildman–Crippen MR) is 65.1 cm³/mol. The lowest BCUT2D eigenvalue weighted by Crippen LogP contribution is -2.11. The van der Waals surface area contributed by atoms with E-state index in [-0.39, 0.29) is 11.3 Å². The summed E-state index contributed by atoms with van der Waals surface area (Å²) in [4.78, 5) is 0. The van der Waals surface area contributed by atoms with E-state index in [9.17, 15) is 26.3 Å². The van der Waals surface area contributed by atoms with E-state index in [0.29, 0.717) is 12.1 Å². The number of alkyl halides is 3. The van der Waals surface area contributed by atoms with Gasteiger partial charge in [0.15, 0.2) is 11.6 Å². The van der Waals surface area contributed by atoms with Crippen molar-refractivity contribution in [2.75, 3.05) is 5.32 Å². The number of nitrogens with one attached hydrogen (secondary N) is 1. The van der Waals surface area contributed by atoms with Crippen LogP contribution in [0.15, 0.2) is 36.4 Å². The second-order valence-corrected chi connectivity index (χ2v) is 4.25. The normalized spacial score (nSPS) is 11.5. The van der Waals surface area contributed by atoms with Crippen molar-refractivity contribution in [1.29, 1.82) is 0 Å². The van der Waals surface area contributed by atoms with Crippen molar-refractivity contribution in [3.63, 3.8) is 0 Å². The standard InChI is InChI=1S/C14H9F6N/c15-10-6-12(17)11(16)5-8(10)7-21-13-4-2-1-3-9(13)14(18,19)20/h1-6,21H,7H2. The first-order valence-electron chi connectivity index (χ1n) is 5.82. The third kappa shape index (κ3) is 3.48. The molecule has 0 heterocycles. The van der Waals surface area contributed by atoms with Crippen LogP contribution in [0, 0.1) is 17.5 Å². The monoisotopic (exact) mass is 305 g/mol. The van der Waals surface area contributed by atoms with E-state index in [1.807, 2.05) is 0 Å². The minimum Gasteiger partial charge on any atom is -0.380 e. The van der Waals surface area contributed by atoms with Gasteiger partial charge in [-0.2, -0.15) is 13.2 Å². The van der Waals surface area contributed by atoms with Gasteiger partial charge in [-0.25, -0.2) is 13.2 Å². The molecule has 0 aliphatic heterocycles. The fourth-order valence-electron chi connectivity index (χ4n) is 1.77. The molecular weight excluding hydrogens is 296 g/mol. The highest BCUT2D eigenvalue weighted by molar-refractivity contribution is 5.52. The van der Waals surface area contributed by atoms with Crippen LogP contribution in [0.3, 0.4) is 0 Å². The summed E-state index contributed by atoms with van der Waals surface area (Å²) in [6.45, 7) is -0.407. The lowest BCUT2D eigenvalue weighted by Gasteiger charge is -2.14. The van der Waals surface area contributed by atoms with Gasteiger partial charge in [-0.3, -0.25) is 0 Å². The van der Waals surface area contributed by atoms with Crippen LogP contribution in [0.1, 0.15) is 11.1 Å². The first-order chi connectivity index (χ1) is 9.79. The Morgan fingerprint density at radius 3 is 2.14 bits per heavy atom. The molecule has 2 aromatic rings. The highest BCUT2D eigenvalue weighted by atomic mass is 19.4. The van der Waals surface area contributed by atoms with Gasteiger partial charge < -0.3 is 5.32 Å². The van der Waals surface area contributed by atoms with Gasteiger partial charge in [-0.15, -0.1) is 0 Å². The summed E-state index contributed by atoms with van der Waals surface area (Å²) in [6, 6.07) is 5.58. The van der Waals surface area contributed by atoms with Crippen molar-refractivity contribution < 1.29 is 26.3 Å². The Balaban J connectivity index is 2.23. The van der Waals surface area contributed by atoms with Crippen LogP contribution in [0.2, 0.25) is 0 Å². The van der Waals surface area contributed by atoms with Crippen molar-refractivity contribution in [3.8, 4) is 0 Å². The zero-order valence-electron chi connectivity index (χ0n) is 10.4. The molecule has 0 amide bonds. The summed E-state index contributed by atoms with van der Waals surface area (Å²) in [6.07, 6.45) is -4.57. The highest BCUT2D eigenvalue weighted by Gasteiger charge is 2.33. The topological polar surface area (TPSA) is 12.0 Å². The summed E-state index contributed by atoms with van der Waals surface area (Å²) < 4.78 is 77.4. The van der Waals surface area contributed by atoms with Crippen LogP contribution in [0.25, 0.3) is 0 Å². The molecule has 21 heavy (non-hydrogen) atoms. The molecular formula is C14H9F6N. The predicted octanol–water partition coefficient (Wildman–Crippen LogP) is 4.73. The number of anilines is 1. The van der Waals surface area contributed by atoms with Crippen LogP contribution >= 0.6 is 0 Å². The number of para-hydroxylation sites is 1. The Hall–Kier alpha value is -2.18. The van der Waals surface area contributed by atoms with Crippen molar-refractivity contribution in [2.24, 2.45) is 0 Å². The molecule has 2 rings (SSSR count). The van der Waals surface area contributed by atoms with Gasteiger partial charge in [0.05, 0.1) is 5.56 Å². The summed E-state index contributed by atoms with van der Waals surface area (Å²) in [5.41, 5.74) is -1.46. The number of benzene rings is 2. The Labute approximate surface area is 116 Å². The smallest absolute Gasteiger partial charge is 0.380 e. The average Bonchev–Trinajstić information content (AvgIpc) is 2.41. The van der Waals surface area contributed by atoms with E-state index >= 15 is 0 Å². The van der Waals surface area contributed by atoms with Crippen LogP contribution in [-0.4, -0.2) is 0 Å². The molecule has 1 nitrogen and oxygen atoms in total. The molecule has 0 atom stereocenters. The molecule has 7 heteroatoms. The van der Waals surface area contributed by atoms with Crippen LogP contribution in [0.4, 0.5) is 32.0 Å². The minimum atomic E-state index is -4.57. The van der Waals surface area contributed by atoms with E-state index in [1.54, 1.807) is 0 Å². The fraction of sp³-hybridized carbons (Fsp3) is 0.143. The van der Waals surface area contributed by atoms with Gasteiger partial charge >= 0.3 is 6.18 Å². The lowest BCUT2D eigenvalue weighted by atomic mass is 10.1. The Kier molecular flexibility index (Phi) is 4.11. The minimum absolute atomic E-state index is 0.269. The molecule has 0 unspecified atom stereocenters. The SMILES string of the molecule is Fc1cc(F)c(CNc2ccccc2C(F)(F)F)cc1F. The molecule has 0 fully saturated rings. The molecule has 0 spiro atoms. The van der Waals surface area contributed by atoms with Gasteiger partial charge in [-0.1, -0.05) is 12.1 Å². The molecule has 0 aliphatic carbocycles. The quantitative estimate of drug-likeness (QED) is 0.638. The Morgan fingerprint density at radius 1 is 0.857 bits per heavy atom. The summed E-state index contributed by atoms with van der Waals surface area (Å²) in [7, 11) is 0. The molecule has 0 aromatic heterocycles. The maximum absolute atomic E-state index is 13.4. The molecule has 0 radical (unpaired) electrons. The zero-order chi connectivity index (χ0) is 15.6. The highest BCUT2D eigenvalue weighted by Crippen LogP contribution is 2.34. The first-order valence-corrected chi connectivity index (χ1v) is 5.82. The zero-order valence-corrected chi connectivity index (χ0v) is 10.4. The van der Waals surface area contributed by atoms with Crippen molar-refractivity contribution in [1.82, 2.24) is 0 Å². The molecule has 0 saturated carbocycles. The number of rotatable bonds is 3. The van der Waals surface area contributed by atoms with E-state index in [4.69, 9.17) is 0 Å². The second-order valence-electron chi connectivity index (χ2n) is 4.25. The third-order valence-electron chi connectivity index (χ3n) is 2.79. The second kappa shape index (κ2) is 5.67. The number of hydrogen-bond donors (Lipinski definition) is 1. The third-order valence-corrected chi connectivity index (χ3v) is 2.79. The van der Waals surface area contributed by atoms with Gasteiger partial charge in [0.2, 0.25) is 0 Å². The summed E-state index contributed by atoms with van der Waals surface area (Å²) >= 11 is 0. The lowest BCUT2D eigenvalue weighted by molar-refractivity contribution is -0.136. The van der Waals surface area contributed by atoms with Gasteiger partial charge in [0.1, 0.15) is 5.82 Å². The van der Waals surface area contributed by atoms with E-state index < -0.39 is 35.7 Å². The maximum atomic E-state index is 13.4. The van der Waals surface area contributed by atoms with E-state index in [0.717, 1.165) is 6.07 Å². The van der Waals surface area contributed by atoms with Gasteiger partial charge in [0, 0.05) is 23.9 Å². The van der Waals surface area contributed by atoms with Crippen molar-refractivity contribution in [3.05, 3.63) is 65.0 Å². The summed E-state index contributed by atoms with van der Waals surface area (Å²) in [5.74, 6) is -3.66. The molecule has 0 saturated heterocycles. The average molecular weight is 305 g/mol. The number of halogens is 6. The van der Waals surface area contributed by atoms with Crippen LogP contribution in [0.5, 0.6) is 0 Å². The Morgan fingerprint density at radius 2 is 1.48 bits per heavy atom. The Bertz CT molecular complexity index is 650. The first kappa shape index (κ1) is 15.2. The van der Waals surface area contributed by atoms with Crippen LogP contribution in [-0.2, 0) is 12.7 Å². The molecule has 0 bridgehead atoms. The molecule has 112 valence electrons. The molecule has 0 aliphatic rings. The van der Waals surface area contributed by atoms with E-state index in [2.05, 4.69) is 5.32 Å². The van der Waals surface area contributed by atoms with Gasteiger partial charge in [0.25, 0.3) is 0 Å². The maximum Gasteiger partial charge on any atom is 0.418 e. The van der Waals surface area contributed by atoms with Gasteiger partial charge in [-0.05, 0) is 18.2 Å². The summed E-state index contributed by atoms with van der Waals surface area (Å²) in [5, 5.41) is 2.37. The van der Waals surface area contributed by atoms with Crippen LogP contribution < -0.4 is 5.32 Å². The molecule has 1 N–H and O–H groups in total. The van der Waals surface area contributed by atoms with Crippen molar-refractivity contribution in [2.45, 2.75) is 12.7 Å². The van der Waals surface area contributed by atoms with Crippen molar-refractivity contribution >= 4 is 5.69 Å². The number of hydrogen-bond acceptors (Lipinski definition) is 1.